The first-order valence-corrected chi connectivity index (χ1v) is 11.4. The lowest BCUT2D eigenvalue weighted by Gasteiger charge is -2.18. The maximum atomic E-state index is 5.71. The molecule has 0 aromatic rings. The van der Waals surface area contributed by atoms with Crippen molar-refractivity contribution in [3.63, 3.8) is 0 Å². The number of rotatable bonds is 6. The molecule has 0 unspecified atom stereocenters. The van der Waals surface area contributed by atoms with Gasteiger partial charge in [-0.15, -0.1) is 0 Å². The summed E-state index contributed by atoms with van der Waals surface area (Å²) in [6.07, 6.45) is 0. The zero-order chi connectivity index (χ0) is 9.56. The number of nitrogens with two attached hydrogens (primary N) is 1. The topological polar surface area (TPSA) is 62.1 Å². The van der Waals surface area contributed by atoms with E-state index in [4.69, 9.17) is 5.40 Å². The van der Waals surface area contributed by atoms with Gasteiger partial charge in [-0.05, 0) is 19.6 Å². The first kappa shape index (κ1) is 12.7. The monoisotopic (exact) mass is 233 g/mol. The van der Waals surface area contributed by atoms with E-state index in [0.29, 0.717) is 0 Å². The Bertz CT molecular complexity index is 113. The number of hydrogen-bond donors (Lipinski definition) is 4. The molecule has 0 saturated carbocycles. The van der Waals surface area contributed by atoms with Gasteiger partial charge in [0.1, 0.15) is 9.68 Å². The van der Waals surface area contributed by atoms with E-state index < -0.39 is 27.4 Å². The van der Waals surface area contributed by atoms with E-state index >= 15 is 0 Å². The Balaban J connectivity index is 3.46. The van der Waals surface area contributed by atoms with E-state index in [9.17, 15) is 0 Å². The maximum absolute atomic E-state index is 5.71. The van der Waals surface area contributed by atoms with Crippen molar-refractivity contribution in [1.29, 1.82) is 0 Å². The van der Waals surface area contributed by atoms with Crippen molar-refractivity contribution in [1.82, 2.24) is 13.9 Å². The van der Waals surface area contributed by atoms with E-state index in [1.807, 2.05) is 0 Å². The van der Waals surface area contributed by atoms with Crippen LogP contribution in [-0.4, -0.2) is 37.0 Å². The van der Waals surface area contributed by atoms with Crippen LogP contribution in [0.2, 0.25) is 26.2 Å². The van der Waals surface area contributed by atoms with Crippen LogP contribution < -0.4 is 19.3 Å². The molecule has 0 spiro atoms. The molecule has 8 heteroatoms. The summed E-state index contributed by atoms with van der Waals surface area (Å²) >= 11 is 0. The maximum Gasteiger partial charge on any atom is 0.211 e. The zero-order valence-corrected chi connectivity index (χ0v) is 12.1. The van der Waals surface area contributed by atoms with Crippen molar-refractivity contribution in [2.45, 2.75) is 26.2 Å². The number of hydrogen-bond acceptors (Lipinski definition) is 4. The zero-order valence-electron chi connectivity index (χ0n) is 8.08. The predicted octanol–water partition coefficient (Wildman–Crippen LogP) is -1.26. The lowest BCUT2D eigenvalue weighted by molar-refractivity contribution is 1.25. The van der Waals surface area contributed by atoms with Gasteiger partial charge in [0.25, 0.3) is 0 Å². The summed E-state index contributed by atoms with van der Waals surface area (Å²) in [7, 11) is -1.07. The van der Waals surface area contributed by atoms with Gasteiger partial charge in [-0.3, -0.25) is 0 Å². The molecule has 0 aliphatic rings. The van der Waals surface area contributed by atoms with E-state index in [1.165, 1.54) is 0 Å². The second kappa shape index (κ2) is 7.14. The van der Waals surface area contributed by atoms with Gasteiger partial charge in [0.15, 0.2) is 0 Å². The van der Waals surface area contributed by atoms with E-state index in [-0.39, 0.29) is 0 Å². The molecule has 0 rings (SSSR count). The van der Waals surface area contributed by atoms with Crippen molar-refractivity contribution >= 4 is 37.0 Å². The van der Waals surface area contributed by atoms with E-state index in [0.717, 1.165) is 9.68 Å². The highest BCUT2D eigenvalue weighted by atomic mass is 28.4. The van der Waals surface area contributed by atoms with Gasteiger partial charge >= 0.3 is 0 Å². The second-order valence-electron chi connectivity index (χ2n) is 2.56. The fourth-order valence-corrected chi connectivity index (χ4v) is 8.57. The quantitative estimate of drug-likeness (QED) is 0.433. The molecule has 5 radical (unpaired) electrons. The summed E-state index contributed by atoms with van der Waals surface area (Å²) in [4.78, 5) is 0. The Morgan fingerprint density at radius 3 is 2.08 bits per heavy atom. The lowest BCUT2D eigenvalue weighted by Crippen LogP contribution is -2.61. The van der Waals surface area contributed by atoms with Crippen molar-refractivity contribution in [2.75, 3.05) is 0 Å². The summed E-state index contributed by atoms with van der Waals surface area (Å²) in [5, 5.41) is 5.71. The summed E-state index contributed by atoms with van der Waals surface area (Å²) in [5.41, 5.74) is 0. The normalized spacial score (nSPS) is 12.0. The van der Waals surface area contributed by atoms with Crippen LogP contribution >= 0.6 is 0 Å². The minimum absolute atomic E-state index is 0.529. The fourth-order valence-electron chi connectivity index (χ4n) is 0.827. The predicted molar refractivity (Wildman–Crippen MR) is 60.1 cm³/mol. The van der Waals surface area contributed by atoms with Gasteiger partial charge in [0.2, 0.25) is 27.4 Å². The summed E-state index contributed by atoms with van der Waals surface area (Å²) < 4.78 is 10.4. The van der Waals surface area contributed by atoms with Crippen LogP contribution in [0.3, 0.4) is 0 Å². The highest BCUT2D eigenvalue weighted by molar-refractivity contribution is 6.77. The molecular formula is C4H17N4Si4. The Labute approximate surface area is 82.9 Å². The van der Waals surface area contributed by atoms with Gasteiger partial charge in [-0.2, -0.15) is 0 Å². The first-order valence-electron chi connectivity index (χ1n) is 3.79. The van der Waals surface area contributed by atoms with Crippen LogP contribution in [0.4, 0.5) is 0 Å². The second-order valence-corrected chi connectivity index (χ2v) is 9.92. The molecular weight excluding hydrogens is 216 g/mol. The Kier molecular flexibility index (Phi) is 7.56. The van der Waals surface area contributed by atoms with Crippen LogP contribution in [0.15, 0.2) is 0 Å². The van der Waals surface area contributed by atoms with Crippen LogP contribution in [0.1, 0.15) is 0 Å². The molecule has 0 aromatic heterocycles. The molecule has 0 aliphatic heterocycles. The molecule has 0 fully saturated rings. The Hall–Kier alpha value is 0.708. The molecule has 0 amide bonds. The highest BCUT2D eigenvalue weighted by Crippen LogP contribution is 1.73. The van der Waals surface area contributed by atoms with Gasteiger partial charge in [0, 0.05) is 0 Å². The molecule has 0 saturated heterocycles. The van der Waals surface area contributed by atoms with Crippen LogP contribution in [0, 0.1) is 0 Å². The third-order valence-electron chi connectivity index (χ3n) is 1.07. The standard InChI is InChI=1S/C4H17N4Si4/c1-9-6-11(3)8-12(4)7-10(2)5/h6-8H,5H2,1-4H3. The first-order chi connectivity index (χ1) is 5.56. The summed E-state index contributed by atoms with van der Waals surface area (Å²) in [6.45, 7) is 8.66. The minimum Gasteiger partial charge on any atom is -0.350 e. The molecule has 12 heavy (non-hydrogen) atoms. The molecule has 69 valence electrons. The summed E-state index contributed by atoms with van der Waals surface area (Å²) in [6, 6.07) is 0. The molecule has 5 N–H and O–H groups in total. The van der Waals surface area contributed by atoms with Crippen molar-refractivity contribution in [3.05, 3.63) is 0 Å². The molecule has 0 aliphatic carbocycles. The minimum atomic E-state index is -0.770. The van der Waals surface area contributed by atoms with Crippen molar-refractivity contribution in [2.24, 2.45) is 5.40 Å². The lowest BCUT2D eigenvalue weighted by atomic mass is 11.9. The van der Waals surface area contributed by atoms with Crippen LogP contribution in [0.25, 0.3) is 0 Å². The molecule has 0 aromatic carbocycles. The summed E-state index contributed by atoms with van der Waals surface area (Å²) in [5.74, 6) is 0. The largest absolute Gasteiger partial charge is 0.350 e. The average molecular weight is 234 g/mol. The van der Waals surface area contributed by atoms with E-state index in [1.54, 1.807) is 0 Å². The fraction of sp³-hybridized carbons (Fsp3) is 1.00. The van der Waals surface area contributed by atoms with Gasteiger partial charge < -0.3 is 19.3 Å². The smallest absolute Gasteiger partial charge is 0.211 e. The Morgan fingerprint density at radius 1 is 1.08 bits per heavy atom. The van der Waals surface area contributed by atoms with E-state index in [2.05, 4.69) is 40.1 Å². The average Bonchev–Trinajstić information content (AvgIpc) is 1.84. The van der Waals surface area contributed by atoms with Gasteiger partial charge in [-0.25, -0.2) is 0 Å². The highest BCUT2D eigenvalue weighted by Gasteiger charge is 2.12. The van der Waals surface area contributed by atoms with Crippen LogP contribution in [-0.2, 0) is 0 Å². The van der Waals surface area contributed by atoms with Crippen molar-refractivity contribution < 1.29 is 0 Å². The van der Waals surface area contributed by atoms with Crippen molar-refractivity contribution in [3.8, 4) is 0 Å². The molecule has 0 bridgehead atoms. The number of nitrogens with one attached hydrogen (secondary N) is 3. The Morgan fingerprint density at radius 2 is 1.67 bits per heavy atom. The van der Waals surface area contributed by atoms with Crippen LogP contribution in [0.5, 0.6) is 0 Å². The molecule has 0 atom stereocenters. The van der Waals surface area contributed by atoms with Gasteiger partial charge in [-0.1, -0.05) is 6.55 Å². The molecule has 4 nitrogen and oxygen atoms in total. The molecule has 0 heterocycles. The SMILES string of the molecule is C[Si]N[Si](C)N[Si](C)N[Si](C)N. The van der Waals surface area contributed by atoms with Gasteiger partial charge in [0.05, 0.1) is 0 Å². The third-order valence-corrected chi connectivity index (χ3v) is 9.65. The third kappa shape index (κ3) is 7.36.